The molecule has 0 unspecified atom stereocenters. The van der Waals surface area contributed by atoms with Gasteiger partial charge in [-0.15, -0.1) is 0 Å². The number of carbonyl (C=O) groups is 2. The second-order valence-corrected chi connectivity index (χ2v) is 5.83. The summed E-state index contributed by atoms with van der Waals surface area (Å²) in [6.07, 6.45) is -0.178. The summed E-state index contributed by atoms with van der Waals surface area (Å²) in [6.45, 7) is 1.94. The van der Waals surface area contributed by atoms with Gasteiger partial charge in [0.2, 0.25) is 0 Å². The molecule has 2 aromatic carbocycles. The van der Waals surface area contributed by atoms with Crippen LogP contribution >= 0.6 is 11.6 Å². The van der Waals surface area contributed by atoms with Gasteiger partial charge in [-0.25, -0.2) is 0 Å². The molecular formula is C19H20ClNO4. The van der Waals surface area contributed by atoms with Crippen LogP contribution in [0.2, 0.25) is 5.02 Å². The standard InChI is InChI=1S/C19H20ClNO4/c1-14(19(23)21-16-11-9-15(20)10-12-16)25-18(22)8-5-13-24-17-6-3-2-4-7-17/h2-4,6-7,9-12,14H,5,8,13H2,1H3,(H,21,23)/t14-/m0/s1. The van der Waals surface area contributed by atoms with Crippen molar-refractivity contribution < 1.29 is 19.1 Å². The van der Waals surface area contributed by atoms with Crippen LogP contribution < -0.4 is 10.1 Å². The number of hydrogen-bond donors (Lipinski definition) is 1. The van der Waals surface area contributed by atoms with Crippen LogP contribution in [0.3, 0.4) is 0 Å². The number of nitrogens with one attached hydrogen (secondary N) is 1. The minimum atomic E-state index is -0.877. The summed E-state index contributed by atoms with van der Waals surface area (Å²) in [6, 6.07) is 16.0. The molecule has 0 saturated carbocycles. The SMILES string of the molecule is C[C@H](OC(=O)CCCOc1ccccc1)C(=O)Nc1ccc(Cl)cc1. The van der Waals surface area contributed by atoms with Gasteiger partial charge in [-0.3, -0.25) is 9.59 Å². The number of benzene rings is 2. The Morgan fingerprint density at radius 2 is 1.76 bits per heavy atom. The van der Waals surface area contributed by atoms with Crippen LogP contribution in [0, 0.1) is 0 Å². The molecule has 0 spiro atoms. The van der Waals surface area contributed by atoms with Gasteiger partial charge in [-0.05, 0) is 49.7 Å². The molecule has 0 aliphatic heterocycles. The number of halogens is 1. The van der Waals surface area contributed by atoms with Gasteiger partial charge in [-0.1, -0.05) is 29.8 Å². The summed E-state index contributed by atoms with van der Waals surface area (Å²) in [4.78, 5) is 23.8. The first-order valence-electron chi connectivity index (χ1n) is 7.98. The van der Waals surface area contributed by atoms with Crippen LogP contribution in [-0.2, 0) is 14.3 Å². The molecule has 0 aliphatic carbocycles. The largest absolute Gasteiger partial charge is 0.494 e. The lowest BCUT2D eigenvalue weighted by molar-refractivity contribution is -0.153. The highest BCUT2D eigenvalue weighted by Crippen LogP contribution is 2.14. The van der Waals surface area contributed by atoms with E-state index in [2.05, 4.69) is 5.32 Å². The van der Waals surface area contributed by atoms with E-state index in [1.54, 1.807) is 24.3 Å². The Morgan fingerprint density at radius 1 is 1.08 bits per heavy atom. The highest BCUT2D eigenvalue weighted by atomic mass is 35.5. The zero-order valence-corrected chi connectivity index (χ0v) is 14.7. The minimum Gasteiger partial charge on any atom is -0.494 e. The van der Waals surface area contributed by atoms with E-state index in [1.165, 1.54) is 6.92 Å². The van der Waals surface area contributed by atoms with E-state index in [0.717, 1.165) is 5.75 Å². The van der Waals surface area contributed by atoms with Crippen molar-refractivity contribution >= 4 is 29.2 Å². The van der Waals surface area contributed by atoms with Crippen LogP contribution in [0.15, 0.2) is 54.6 Å². The number of para-hydroxylation sites is 1. The molecule has 1 atom stereocenters. The molecule has 1 N–H and O–H groups in total. The molecule has 2 aromatic rings. The Kier molecular flexibility index (Phi) is 7.29. The first-order valence-corrected chi connectivity index (χ1v) is 8.36. The van der Waals surface area contributed by atoms with Crippen LogP contribution in [0.5, 0.6) is 5.75 Å². The quantitative estimate of drug-likeness (QED) is 0.568. The Morgan fingerprint density at radius 3 is 2.44 bits per heavy atom. The zero-order chi connectivity index (χ0) is 18.1. The number of rotatable bonds is 8. The van der Waals surface area contributed by atoms with E-state index >= 15 is 0 Å². The van der Waals surface area contributed by atoms with Crippen molar-refractivity contribution in [3.63, 3.8) is 0 Å². The average Bonchev–Trinajstić information content (AvgIpc) is 2.61. The average molecular weight is 362 g/mol. The van der Waals surface area contributed by atoms with Crippen molar-refractivity contribution in [1.82, 2.24) is 0 Å². The van der Waals surface area contributed by atoms with E-state index in [9.17, 15) is 9.59 Å². The molecule has 0 aromatic heterocycles. The second kappa shape index (κ2) is 9.69. The lowest BCUT2D eigenvalue weighted by Gasteiger charge is -2.13. The van der Waals surface area contributed by atoms with Crippen LogP contribution in [0.1, 0.15) is 19.8 Å². The van der Waals surface area contributed by atoms with E-state index in [0.29, 0.717) is 23.7 Å². The van der Waals surface area contributed by atoms with E-state index in [1.807, 2.05) is 30.3 Å². The molecule has 0 heterocycles. The molecule has 2 rings (SSSR count). The first kappa shape index (κ1) is 18.8. The minimum absolute atomic E-state index is 0.186. The summed E-state index contributed by atoms with van der Waals surface area (Å²) in [5.41, 5.74) is 0.591. The first-order chi connectivity index (χ1) is 12.0. The summed E-state index contributed by atoms with van der Waals surface area (Å²) >= 11 is 5.79. The fraction of sp³-hybridized carbons (Fsp3) is 0.263. The number of anilines is 1. The highest BCUT2D eigenvalue weighted by Gasteiger charge is 2.17. The van der Waals surface area contributed by atoms with Crippen molar-refractivity contribution in [2.45, 2.75) is 25.9 Å². The predicted octanol–water partition coefficient (Wildman–Crippen LogP) is 4.07. The van der Waals surface area contributed by atoms with Gasteiger partial charge in [0.1, 0.15) is 5.75 Å². The maximum Gasteiger partial charge on any atom is 0.306 e. The van der Waals surface area contributed by atoms with Gasteiger partial charge >= 0.3 is 5.97 Å². The molecule has 0 aliphatic rings. The van der Waals surface area contributed by atoms with Crippen LogP contribution in [0.4, 0.5) is 5.69 Å². The molecule has 1 amide bonds. The molecule has 0 fully saturated rings. The van der Waals surface area contributed by atoms with Crippen LogP contribution in [-0.4, -0.2) is 24.6 Å². The monoisotopic (exact) mass is 361 g/mol. The molecule has 0 saturated heterocycles. The van der Waals surface area contributed by atoms with Crippen molar-refractivity contribution in [3.05, 3.63) is 59.6 Å². The molecule has 25 heavy (non-hydrogen) atoms. The topological polar surface area (TPSA) is 64.6 Å². The lowest BCUT2D eigenvalue weighted by Crippen LogP contribution is -2.30. The molecule has 132 valence electrons. The second-order valence-electron chi connectivity index (χ2n) is 5.39. The number of esters is 1. The summed E-state index contributed by atoms with van der Waals surface area (Å²) < 4.78 is 10.6. The highest BCUT2D eigenvalue weighted by molar-refractivity contribution is 6.30. The summed E-state index contributed by atoms with van der Waals surface area (Å²) in [5.74, 6) is -0.0711. The Hall–Kier alpha value is -2.53. The Bertz CT molecular complexity index is 688. The van der Waals surface area contributed by atoms with Crippen molar-refractivity contribution in [2.75, 3.05) is 11.9 Å². The molecular weight excluding hydrogens is 342 g/mol. The lowest BCUT2D eigenvalue weighted by atomic mass is 10.3. The van der Waals surface area contributed by atoms with Crippen molar-refractivity contribution in [1.29, 1.82) is 0 Å². The smallest absolute Gasteiger partial charge is 0.306 e. The van der Waals surface area contributed by atoms with Gasteiger partial charge in [0, 0.05) is 17.1 Å². The normalized spacial score (nSPS) is 11.4. The van der Waals surface area contributed by atoms with E-state index in [4.69, 9.17) is 21.1 Å². The van der Waals surface area contributed by atoms with Crippen molar-refractivity contribution in [2.24, 2.45) is 0 Å². The Labute approximate surface area is 151 Å². The number of carbonyl (C=O) groups excluding carboxylic acids is 2. The van der Waals surface area contributed by atoms with Crippen molar-refractivity contribution in [3.8, 4) is 5.75 Å². The van der Waals surface area contributed by atoms with Gasteiger partial charge in [-0.2, -0.15) is 0 Å². The molecule has 5 nitrogen and oxygen atoms in total. The maximum absolute atomic E-state index is 12.0. The summed E-state index contributed by atoms with van der Waals surface area (Å²) in [7, 11) is 0. The molecule has 0 bridgehead atoms. The third kappa shape index (κ3) is 6.85. The fourth-order valence-corrected chi connectivity index (χ4v) is 2.14. The van der Waals surface area contributed by atoms with Gasteiger partial charge < -0.3 is 14.8 Å². The Balaban J connectivity index is 1.66. The predicted molar refractivity (Wildman–Crippen MR) is 96.8 cm³/mol. The molecule has 0 radical (unpaired) electrons. The molecule has 6 heteroatoms. The van der Waals surface area contributed by atoms with Gasteiger partial charge in [0.15, 0.2) is 6.10 Å². The number of amides is 1. The van der Waals surface area contributed by atoms with E-state index < -0.39 is 18.0 Å². The van der Waals surface area contributed by atoms with Gasteiger partial charge in [0.25, 0.3) is 5.91 Å². The van der Waals surface area contributed by atoms with E-state index in [-0.39, 0.29) is 6.42 Å². The number of hydrogen-bond acceptors (Lipinski definition) is 4. The zero-order valence-electron chi connectivity index (χ0n) is 13.9. The maximum atomic E-state index is 12.0. The number of ether oxygens (including phenoxy) is 2. The third-order valence-corrected chi connectivity index (χ3v) is 3.58. The van der Waals surface area contributed by atoms with Gasteiger partial charge in [0.05, 0.1) is 6.61 Å². The fourth-order valence-electron chi connectivity index (χ4n) is 2.01. The van der Waals surface area contributed by atoms with Crippen LogP contribution in [0.25, 0.3) is 0 Å². The summed E-state index contributed by atoms with van der Waals surface area (Å²) in [5, 5.41) is 3.24. The third-order valence-electron chi connectivity index (χ3n) is 3.33.